The van der Waals surface area contributed by atoms with E-state index in [-0.39, 0.29) is 18.4 Å². The van der Waals surface area contributed by atoms with Crippen LogP contribution in [-0.2, 0) is 27.4 Å². The largest absolute Gasteiger partial charge is 0.464 e. The number of carbonyl (C=O) groups is 2. The number of unbranched alkanes of at least 4 members (excludes halogenated alkanes) is 8. The second-order valence-corrected chi connectivity index (χ2v) is 9.63. The lowest BCUT2D eigenvalue weighted by Crippen LogP contribution is -2.43. The van der Waals surface area contributed by atoms with Crippen molar-refractivity contribution in [1.82, 2.24) is 9.80 Å². The first-order valence-electron chi connectivity index (χ1n) is 13.7. The van der Waals surface area contributed by atoms with Crippen LogP contribution in [0.25, 0.3) is 0 Å². The van der Waals surface area contributed by atoms with Gasteiger partial charge in [-0.15, -0.1) is 0 Å². The predicted octanol–water partition coefficient (Wildman–Crippen LogP) is 6.51. The topological polar surface area (TPSA) is 63.0 Å². The Labute approximate surface area is 218 Å². The van der Waals surface area contributed by atoms with Crippen LogP contribution in [0.15, 0.2) is 46.9 Å². The van der Waals surface area contributed by atoms with Gasteiger partial charge in [-0.05, 0) is 31.0 Å². The zero-order chi connectivity index (χ0) is 26.0. The molecule has 6 heteroatoms. The number of ether oxygens (including phenoxy) is 1. The smallest absolute Gasteiger partial charge is 0.242 e. The van der Waals surface area contributed by atoms with Crippen molar-refractivity contribution in [3.8, 4) is 0 Å². The van der Waals surface area contributed by atoms with E-state index in [1.807, 2.05) is 49.4 Å². The first-order valence-corrected chi connectivity index (χ1v) is 13.7. The highest BCUT2D eigenvalue weighted by atomic mass is 16.5. The van der Waals surface area contributed by atoms with Crippen LogP contribution in [0.3, 0.4) is 0 Å². The highest BCUT2D eigenvalue weighted by Crippen LogP contribution is 2.15. The molecule has 0 aliphatic carbocycles. The van der Waals surface area contributed by atoms with Crippen molar-refractivity contribution >= 4 is 11.8 Å². The van der Waals surface area contributed by atoms with Crippen molar-refractivity contribution in [2.45, 2.75) is 91.1 Å². The maximum Gasteiger partial charge on any atom is 0.242 e. The molecule has 36 heavy (non-hydrogen) atoms. The van der Waals surface area contributed by atoms with Gasteiger partial charge in [0.2, 0.25) is 11.8 Å². The molecule has 1 heterocycles. The molecule has 6 nitrogen and oxygen atoms in total. The number of benzene rings is 1. The number of furan rings is 1. The van der Waals surface area contributed by atoms with E-state index < -0.39 is 0 Å². The molecule has 0 fully saturated rings. The minimum atomic E-state index is -0.0931. The van der Waals surface area contributed by atoms with Crippen molar-refractivity contribution < 1.29 is 18.7 Å². The van der Waals surface area contributed by atoms with Crippen molar-refractivity contribution in [2.24, 2.45) is 0 Å². The SMILES string of the molecule is CCCCCCCCCCCC(=O)N(CCOC)CC(=O)N(Cc1ccccc1)Cc1ccc(C)o1. The third-order valence-corrected chi connectivity index (χ3v) is 6.45. The molecule has 0 spiro atoms. The molecule has 1 aromatic carbocycles. The first-order chi connectivity index (χ1) is 17.5. The van der Waals surface area contributed by atoms with E-state index in [1.165, 1.54) is 44.9 Å². The minimum Gasteiger partial charge on any atom is -0.464 e. The fraction of sp³-hybridized carbons (Fsp3) is 0.600. The molecule has 0 bridgehead atoms. The van der Waals surface area contributed by atoms with Crippen LogP contribution >= 0.6 is 0 Å². The molecule has 0 saturated carbocycles. The summed E-state index contributed by atoms with van der Waals surface area (Å²) in [5.74, 6) is 1.48. The van der Waals surface area contributed by atoms with Crippen LogP contribution in [0.4, 0.5) is 0 Å². The van der Waals surface area contributed by atoms with Crippen LogP contribution in [-0.4, -0.2) is 48.4 Å². The zero-order valence-electron chi connectivity index (χ0n) is 22.7. The van der Waals surface area contributed by atoms with Gasteiger partial charge in [-0.3, -0.25) is 9.59 Å². The van der Waals surface area contributed by atoms with Crippen LogP contribution in [0.5, 0.6) is 0 Å². The average molecular weight is 499 g/mol. The Hall–Kier alpha value is -2.60. The summed E-state index contributed by atoms with van der Waals surface area (Å²) < 4.78 is 11.0. The molecule has 0 atom stereocenters. The predicted molar refractivity (Wildman–Crippen MR) is 144 cm³/mol. The zero-order valence-corrected chi connectivity index (χ0v) is 22.7. The van der Waals surface area contributed by atoms with Gasteiger partial charge in [0.05, 0.1) is 19.7 Å². The Balaban J connectivity index is 1.90. The Morgan fingerprint density at radius 1 is 0.806 bits per heavy atom. The monoisotopic (exact) mass is 498 g/mol. The van der Waals surface area contributed by atoms with Gasteiger partial charge in [-0.1, -0.05) is 88.6 Å². The molecular weight excluding hydrogens is 452 g/mol. The summed E-state index contributed by atoms with van der Waals surface area (Å²) >= 11 is 0. The maximum atomic E-state index is 13.4. The summed E-state index contributed by atoms with van der Waals surface area (Å²) in [6.45, 7) is 5.83. The van der Waals surface area contributed by atoms with E-state index >= 15 is 0 Å². The third kappa shape index (κ3) is 11.9. The van der Waals surface area contributed by atoms with Gasteiger partial charge in [0.15, 0.2) is 0 Å². The summed E-state index contributed by atoms with van der Waals surface area (Å²) in [5, 5.41) is 0. The molecule has 0 N–H and O–H groups in total. The van der Waals surface area contributed by atoms with Crippen LogP contribution < -0.4 is 0 Å². The Morgan fingerprint density at radius 2 is 1.47 bits per heavy atom. The van der Waals surface area contributed by atoms with Crippen LogP contribution in [0, 0.1) is 6.92 Å². The number of methoxy groups -OCH3 is 1. The van der Waals surface area contributed by atoms with Gasteiger partial charge in [0.1, 0.15) is 11.5 Å². The van der Waals surface area contributed by atoms with E-state index in [2.05, 4.69) is 6.92 Å². The van der Waals surface area contributed by atoms with Gasteiger partial charge in [0.25, 0.3) is 0 Å². The number of carbonyl (C=O) groups excluding carboxylic acids is 2. The summed E-state index contributed by atoms with van der Waals surface area (Å²) in [6, 6.07) is 13.7. The third-order valence-electron chi connectivity index (χ3n) is 6.45. The van der Waals surface area contributed by atoms with Crippen molar-refractivity contribution in [1.29, 1.82) is 0 Å². The molecule has 1 aromatic heterocycles. The molecule has 2 aromatic rings. The van der Waals surface area contributed by atoms with Gasteiger partial charge in [-0.2, -0.15) is 0 Å². The maximum absolute atomic E-state index is 13.4. The molecule has 2 rings (SSSR count). The number of hydrogen-bond donors (Lipinski definition) is 0. The van der Waals surface area contributed by atoms with Crippen molar-refractivity contribution in [2.75, 3.05) is 26.8 Å². The molecule has 2 amide bonds. The Morgan fingerprint density at radius 3 is 2.08 bits per heavy atom. The molecule has 0 aliphatic rings. The van der Waals surface area contributed by atoms with Gasteiger partial charge < -0.3 is 19.0 Å². The molecular formula is C30H46N2O4. The number of nitrogens with zero attached hydrogens (tertiary/aromatic N) is 2. The highest BCUT2D eigenvalue weighted by Gasteiger charge is 2.22. The molecule has 0 radical (unpaired) electrons. The fourth-order valence-corrected chi connectivity index (χ4v) is 4.30. The summed E-state index contributed by atoms with van der Waals surface area (Å²) in [7, 11) is 1.62. The lowest BCUT2D eigenvalue weighted by Gasteiger charge is -2.27. The van der Waals surface area contributed by atoms with Crippen molar-refractivity contribution in [3.05, 3.63) is 59.5 Å². The van der Waals surface area contributed by atoms with Crippen molar-refractivity contribution in [3.63, 3.8) is 0 Å². The normalized spacial score (nSPS) is 11.0. The highest BCUT2D eigenvalue weighted by molar-refractivity contribution is 5.84. The summed E-state index contributed by atoms with van der Waals surface area (Å²) in [5.41, 5.74) is 1.04. The number of hydrogen-bond acceptors (Lipinski definition) is 4. The Bertz CT molecular complexity index is 865. The Kier molecular flexibility index (Phi) is 14.6. The first kappa shape index (κ1) is 29.6. The van der Waals surface area contributed by atoms with Gasteiger partial charge in [-0.25, -0.2) is 0 Å². The van der Waals surface area contributed by atoms with Crippen LogP contribution in [0.2, 0.25) is 0 Å². The van der Waals surface area contributed by atoms with Crippen LogP contribution in [0.1, 0.15) is 88.2 Å². The second kappa shape index (κ2) is 17.8. The van der Waals surface area contributed by atoms with E-state index in [9.17, 15) is 9.59 Å². The van der Waals surface area contributed by atoms with E-state index in [0.717, 1.165) is 29.9 Å². The molecule has 0 saturated heterocycles. The lowest BCUT2D eigenvalue weighted by molar-refractivity contribution is -0.142. The van der Waals surface area contributed by atoms with E-state index in [0.29, 0.717) is 32.7 Å². The quantitative estimate of drug-likeness (QED) is 0.207. The molecule has 0 aliphatic heterocycles. The van der Waals surface area contributed by atoms with E-state index in [1.54, 1.807) is 16.9 Å². The van der Waals surface area contributed by atoms with Gasteiger partial charge >= 0.3 is 0 Å². The lowest BCUT2D eigenvalue weighted by atomic mass is 10.1. The molecule has 0 unspecified atom stereocenters. The molecule has 200 valence electrons. The summed E-state index contributed by atoms with van der Waals surface area (Å²) in [6.07, 6.45) is 11.3. The summed E-state index contributed by atoms with van der Waals surface area (Å²) in [4.78, 5) is 29.8. The number of aryl methyl sites for hydroxylation is 1. The average Bonchev–Trinajstić information content (AvgIpc) is 3.29. The second-order valence-electron chi connectivity index (χ2n) is 9.63. The van der Waals surface area contributed by atoms with E-state index in [4.69, 9.17) is 9.15 Å². The number of amides is 2. The standard InChI is InChI=1S/C30H46N2O4/c1-4-5-6-7-8-9-10-11-15-18-29(33)31(21-22-35-3)25-30(34)32(23-27-16-13-12-14-17-27)24-28-20-19-26(2)36-28/h12-14,16-17,19-20H,4-11,15,18,21-25H2,1-3H3. The number of rotatable bonds is 19. The fourth-order valence-electron chi connectivity index (χ4n) is 4.30. The minimum absolute atomic E-state index is 0.0249. The van der Waals surface area contributed by atoms with Gasteiger partial charge in [0, 0.05) is 26.6 Å².